The first-order valence-corrected chi connectivity index (χ1v) is 7.71. The van der Waals surface area contributed by atoms with Crippen LogP contribution in [0, 0.1) is 6.92 Å². The van der Waals surface area contributed by atoms with Crippen molar-refractivity contribution in [3.63, 3.8) is 0 Å². The maximum Gasteiger partial charge on any atom is 0.240 e. The van der Waals surface area contributed by atoms with Crippen molar-refractivity contribution in [1.29, 1.82) is 0 Å². The Morgan fingerprint density at radius 1 is 0.900 bits per heavy atom. The van der Waals surface area contributed by atoms with Gasteiger partial charge in [0.05, 0.1) is 4.90 Å². The summed E-state index contributed by atoms with van der Waals surface area (Å²) in [5, 5.41) is 0. The zero-order chi connectivity index (χ0) is 14.8. The predicted octanol–water partition coefficient (Wildman–Crippen LogP) is 4.39. The number of aryl methyl sites for hydroxylation is 1. The molecule has 0 aliphatic rings. The Balaban J connectivity index is 2.10. The van der Waals surface area contributed by atoms with Gasteiger partial charge >= 0.3 is 0 Å². The molecular formula is C17H20O2S. The lowest BCUT2D eigenvalue weighted by atomic mass is 9.87. The maximum atomic E-state index is 12.1. The minimum absolute atomic E-state index is 0.106. The van der Waals surface area contributed by atoms with E-state index in [4.69, 9.17) is 4.18 Å². The van der Waals surface area contributed by atoms with E-state index in [9.17, 15) is 4.21 Å². The second-order valence-corrected chi connectivity index (χ2v) is 7.01. The Morgan fingerprint density at radius 3 is 1.95 bits per heavy atom. The molecule has 0 spiro atoms. The van der Waals surface area contributed by atoms with Crippen molar-refractivity contribution in [2.24, 2.45) is 0 Å². The van der Waals surface area contributed by atoms with Crippen molar-refractivity contribution < 1.29 is 8.39 Å². The van der Waals surface area contributed by atoms with Crippen LogP contribution in [0.5, 0.6) is 5.75 Å². The molecular weight excluding hydrogens is 268 g/mol. The van der Waals surface area contributed by atoms with E-state index in [0.717, 1.165) is 5.56 Å². The van der Waals surface area contributed by atoms with Crippen molar-refractivity contribution in [2.75, 3.05) is 0 Å². The van der Waals surface area contributed by atoms with Gasteiger partial charge in [0.25, 0.3) is 0 Å². The lowest BCUT2D eigenvalue weighted by molar-refractivity contribution is 0.558. The normalized spacial score (nSPS) is 13.0. The first-order chi connectivity index (χ1) is 9.36. The fraction of sp³-hybridized carbons (Fsp3) is 0.294. The first-order valence-electron chi connectivity index (χ1n) is 6.63. The Kier molecular flexibility index (Phi) is 4.29. The molecule has 0 radical (unpaired) electrons. The number of rotatable bonds is 3. The summed E-state index contributed by atoms with van der Waals surface area (Å²) in [5.41, 5.74) is 2.47. The monoisotopic (exact) mass is 288 g/mol. The average Bonchev–Trinajstić information content (AvgIpc) is 2.39. The molecule has 3 heteroatoms. The third-order valence-electron chi connectivity index (χ3n) is 3.11. The van der Waals surface area contributed by atoms with Crippen LogP contribution < -0.4 is 4.18 Å². The van der Waals surface area contributed by atoms with E-state index >= 15 is 0 Å². The zero-order valence-corrected chi connectivity index (χ0v) is 13.2. The summed E-state index contributed by atoms with van der Waals surface area (Å²) in [4.78, 5) is 0.676. The lowest BCUT2D eigenvalue weighted by Crippen LogP contribution is -2.10. The number of benzene rings is 2. The van der Waals surface area contributed by atoms with Gasteiger partial charge in [-0.3, -0.25) is 0 Å². The van der Waals surface area contributed by atoms with Crippen LogP contribution in [0.4, 0.5) is 0 Å². The van der Waals surface area contributed by atoms with Gasteiger partial charge in [-0.2, -0.15) is 0 Å². The van der Waals surface area contributed by atoms with Crippen molar-refractivity contribution in [2.45, 2.75) is 38.0 Å². The minimum Gasteiger partial charge on any atom is -0.397 e. The summed E-state index contributed by atoms with van der Waals surface area (Å²) in [6, 6.07) is 15.3. The molecule has 0 aliphatic heterocycles. The molecule has 0 bridgehead atoms. The summed E-state index contributed by atoms with van der Waals surface area (Å²) >= 11 is -1.47. The number of hydrogen-bond donors (Lipinski definition) is 0. The number of hydrogen-bond acceptors (Lipinski definition) is 2. The molecule has 0 amide bonds. The highest BCUT2D eigenvalue weighted by molar-refractivity contribution is 7.80. The molecule has 2 aromatic carbocycles. The predicted molar refractivity (Wildman–Crippen MR) is 83.4 cm³/mol. The van der Waals surface area contributed by atoms with E-state index in [0.29, 0.717) is 10.6 Å². The third kappa shape index (κ3) is 3.70. The van der Waals surface area contributed by atoms with Crippen LogP contribution >= 0.6 is 0 Å². The van der Waals surface area contributed by atoms with Gasteiger partial charge in [0.2, 0.25) is 11.1 Å². The molecule has 1 atom stereocenters. The minimum atomic E-state index is -1.47. The quantitative estimate of drug-likeness (QED) is 0.837. The molecule has 0 fully saturated rings. The first kappa shape index (κ1) is 14.8. The van der Waals surface area contributed by atoms with Gasteiger partial charge in [0, 0.05) is 0 Å². The van der Waals surface area contributed by atoms with Gasteiger partial charge in [-0.15, -0.1) is 0 Å². The molecule has 106 valence electrons. The van der Waals surface area contributed by atoms with E-state index < -0.39 is 11.1 Å². The summed E-state index contributed by atoms with van der Waals surface area (Å²) in [6.07, 6.45) is 0. The summed E-state index contributed by atoms with van der Waals surface area (Å²) in [6.45, 7) is 8.48. The molecule has 2 nitrogen and oxygen atoms in total. The van der Waals surface area contributed by atoms with E-state index in [1.807, 2.05) is 55.5 Å². The molecule has 2 rings (SSSR count). The zero-order valence-electron chi connectivity index (χ0n) is 12.3. The molecule has 0 N–H and O–H groups in total. The van der Waals surface area contributed by atoms with Gasteiger partial charge in [0.1, 0.15) is 5.75 Å². The van der Waals surface area contributed by atoms with Crippen LogP contribution in [-0.2, 0) is 16.5 Å². The van der Waals surface area contributed by atoms with E-state index in [2.05, 4.69) is 20.8 Å². The van der Waals surface area contributed by atoms with Crippen LogP contribution in [-0.4, -0.2) is 4.21 Å². The largest absolute Gasteiger partial charge is 0.397 e. The van der Waals surface area contributed by atoms with Crippen molar-refractivity contribution in [1.82, 2.24) is 0 Å². The molecule has 0 aliphatic carbocycles. The average molecular weight is 288 g/mol. The lowest BCUT2D eigenvalue weighted by Gasteiger charge is -2.18. The van der Waals surface area contributed by atoms with Crippen molar-refractivity contribution in [3.05, 3.63) is 59.7 Å². The van der Waals surface area contributed by atoms with Gasteiger partial charge in [-0.25, -0.2) is 4.21 Å². The van der Waals surface area contributed by atoms with E-state index in [-0.39, 0.29) is 5.41 Å². The molecule has 0 heterocycles. The Morgan fingerprint density at radius 2 is 1.45 bits per heavy atom. The Bertz CT molecular complexity index is 592. The molecule has 0 aromatic heterocycles. The molecule has 2 aromatic rings. The summed E-state index contributed by atoms with van der Waals surface area (Å²) < 4.78 is 17.6. The fourth-order valence-corrected chi connectivity index (χ4v) is 2.54. The Labute approximate surface area is 123 Å². The summed E-state index contributed by atoms with van der Waals surface area (Å²) in [7, 11) is 0. The van der Waals surface area contributed by atoms with E-state index in [1.54, 1.807) is 0 Å². The maximum absolute atomic E-state index is 12.1. The highest BCUT2D eigenvalue weighted by Crippen LogP contribution is 2.25. The van der Waals surface area contributed by atoms with E-state index in [1.165, 1.54) is 5.56 Å². The topological polar surface area (TPSA) is 26.3 Å². The third-order valence-corrected chi connectivity index (χ3v) is 4.11. The van der Waals surface area contributed by atoms with Gasteiger partial charge in [-0.05, 0) is 42.2 Å². The Hall–Kier alpha value is -1.61. The van der Waals surface area contributed by atoms with Crippen LogP contribution in [0.15, 0.2) is 53.4 Å². The van der Waals surface area contributed by atoms with Crippen LogP contribution in [0.2, 0.25) is 0 Å². The van der Waals surface area contributed by atoms with Crippen molar-refractivity contribution >= 4 is 11.1 Å². The second kappa shape index (κ2) is 5.80. The van der Waals surface area contributed by atoms with Gasteiger partial charge in [0.15, 0.2) is 0 Å². The van der Waals surface area contributed by atoms with Crippen LogP contribution in [0.25, 0.3) is 0 Å². The molecule has 1 unspecified atom stereocenters. The SMILES string of the molecule is Cc1ccc(S(=O)Oc2ccc(C(C)(C)C)cc2)cc1. The second-order valence-electron chi connectivity index (χ2n) is 5.91. The van der Waals surface area contributed by atoms with Crippen LogP contribution in [0.1, 0.15) is 31.9 Å². The fourth-order valence-electron chi connectivity index (χ4n) is 1.80. The molecule has 0 saturated carbocycles. The molecule has 20 heavy (non-hydrogen) atoms. The van der Waals surface area contributed by atoms with Gasteiger partial charge < -0.3 is 4.18 Å². The molecule has 0 saturated heterocycles. The van der Waals surface area contributed by atoms with Crippen molar-refractivity contribution in [3.8, 4) is 5.75 Å². The standard InChI is InChI=1S/C17H20O2S/c1-13-5-11-16(12-6-13)20(18)19-15-9-7-14(8-10-15)17(2,3)4/h5-12H,1-4H3. The highest BCUT2D eigenvalue weighted by atomic mass is 32.2. The smallest absolute Gasteiger partial charge is 0.240 e. The van der Waals surface area contributed by atoms with Crippen LogP contribution in [0.3, 0.4) is 0 Å². The highest BCUT2D eigenvalue weighted by Gasteiger charge is 2.13. The summed E-state index contributed by atoms with van der Waals surface area (Å²) in [5.74, 6) is 0.622. The van der Waals surface area contributed by atoms with Gasteiger partial charge in [-0.1, -0.05) is 50.6 Å².